The number of hydrogen-bond acceptors (Lipinski definition) is 4. The van der Waals surface area contributed by atoms with Crippen LogP contribution in [0.4, 0.5) is 0 Å². The fraction of sp³-hybridized carbons (Fsp3) is 0.300. The third-order valence-corrected chi connectivity index (χ3v) is 3.84. The van der Waals surface area contributed by atoms with Crippen molar-refractivity contribution in [2.75, 3.05) is 18.8 Å². The highest BCUT2D eigenvalue weighted by atomic mass is 35.5. The summed E-state index contributed by atoms with van der Waals surface area (Å²) in [6.07, 6.45) is 0. The summed E-state index contributed by atoms with van der Waals surface area (Å²) in [5.74, 6) is -1.15. The molecule has 0 saturated carbocycles. The third kappa shape index (κ3) is 4.33. The van der Waals surface area contributed by atoms with Gasteiger partial charge in [0.2, 0.25) is 5.91 Å². The molecule has 0 aliphatic heterocycles. The molecule has 3 N–H and O–H groups in total. The first-order valence-corrected chi connectivity index (χ1v) is 6.94. The number of nitrogens with one attached hydrogen (secondary N) is 1. The highest BCUT2D eigenvalue weighted by Gasteiger charge is 2.18. The lowest BCUT2D eigenvalue weighted by Crippen LogP contribution is -2.33. The Kier molecular flexibility index (Phi) is 4.92. The van der Waals surface area contributed by atoms with Crippen molar-refractivity contribution in [1.29, 1.82) is 0 Å². The van der Waals surface area contributed by atoms with Gasteiger partial charge in [-0.3, -0.25) is 4.79 Å². The molecule has 0 saturated heterocycles. The van der Waals surface area contributed by atoms with Gasteiger partial charge in [0.25, 0.3) is 0 Å². The molecule has 0 spiro atoms. The summed E-state index contributed by atoms with van der Waals surface area (Å²) in [7, 11) is -3.62. The molecule has 0 aromatic heterocycles. The molecule has 1 rings (SSSR count). The zero-order valence-corrected chi connectivity index (χ0v) is 10.6. The summed E-state index contributed by atoms with van der Waals surface area (Å²) in [5.41, 5.74) is 5.19. The number of sulfone groups is 1. The molecule has 5 nitrogen and oxygen atoms in total. The van der Waals surface area contributed by atoms with E-state index in [1.165, 1.54) is 24.3 Å². The predicted octanol–water partition coefficient (Wildman–Crippen LogP) is 0.189. The van der Waals surface area contributed by atoms with E-state index in [0.29, 0.717) is 5.02 Å². The Hall–Kier alpha value is -1.11. The van der Waals surface area contributed by atoms with Crippen LogP contribution >= 0.6 is 11.6 Å². The SMILES string of the molecule is NCCNC(=O)CS(=O)(=O)c1ccc(Cl)cc1. The lowest BCUT2D eigenvalue weighted by molar-refractivity contribution is -0.118. The number of amides is 1. The molecule has 0 aliphatic carbocycles. The summed E-state index contributed by atoms with van der Waals surface area (Å²) in [6.45, 7) is 0.529. The highest BCUT2D eigenvalue weighted by Crippen LogP contribution is 2.15. The van der Waals surface area contributed by atoms with Crippen LogP contribution in [0.1, 0.15) is 0 Å². The minimum Gasteiger partial charge on any atom is -0.354 e. The quantitative estimate of drug-likeness (QED) is 0.803. The van der Waals surface area contributed by atoms with Crippen LogP contribution in [-0.4, -0.2) is 33.2 Å². The summed E-state index contributed by atoms with van der Waals surface area (Å²) < 4.78 is 23.6. The molecule has 0 fully saturated rings. The van der Waals surface area contributed by atoms with Crippen molar-refractivity contribution in [2.24, 2.45) is 5.73 Å². The number of nitrogens with two attached hydrogens (primary N) is 1. The Morgan fingerprint density at radius 3 is 2.41 bits per heavy atom. The monoisotopic (exact) mass is 276 g/mol. The Morgan fingerprint density at radius 2 is 1.88 bits per heavy atom. The average molecular weight is 277 g/mol. The van der Waals surface area contributed by atoms with Crippen molar-refractivity contribution in [3.05, 3.63) is 29.3 Å². The molecule has 0 unspecified atom stereocenters. The van der Waals surface area contributed by atoms with Crippen LogP contribution in [0.25, 0.3) is 0 Å². The molecule has 0 aliphatic rings. The fourth-order valence-corrected chi connectivity index (χ4v) is 2.45. The minimum absolute atomic E-state index is 0.0739. The lowest BCUT2D eigenvalue weighted by atomic mass is 10.4. The van der Waals surface area contributed by atoms with Crippen molar-refractivity contribution in [2.45, 2.75) is 4.90 Å². The van der Waals surface area contributed by atoms with Crippen LogP contribution in [-0.2, 0) is 14.6 Å². The molecule has 0 bridgehead atoms. The van der Waals surface area contributed by atoms with E-state index in [1.54, 1.807) is 0 Å². The molecule has 7 heteroatoms. The van der Waals surface area contributed by atoms with Gasteiger partial charge in [0.1, 0.15) is 5.75 Å². The van der Waals surface area contributed by atoms with E-state index in [9.17, 15) is 13.2 Å². The van der Waals surface area contributed by atoms with E-state index in [1.807, 2.05) is 0 Å². The van der Waals surface area contributed by atoms with Crippen LogP contribution in [0.3, 0.4) is 0 Å². The molecule has 1 amide bonds. The highest BCUT2D eigenvalue weighted by molar-refractivity contribution is 7.92. The predicted molar refractivity (Wildman–Crippen MR) is 65.6 cm³/mol. The van der Waals surface area contributed by atoms with Crippen molar-refractivity contribution >= 4 is 27.3 Å². The van der Waals surface area contributed by atoms with Gasteiger partial charge in [-0.2, -0.15) is 0 Å². The van der Waals surface area contributed by atoms with E-state index >= 15 is 0 Å². The smallest absolute Gasteiger partial charge is 0.235 e. The molecular weight excluding hydrogens is 264 g/mol. The first-order chi connectivity index (χ1) is 7.95. The molecule has 1 aromatic carbocycles. The van der Waals surface area contributed by atoms with Gasteiger partial charge in [0, 0.05) is 18.1 Å². The first kappa shape index (κ1) is 14.0. The number of benzene rings is 1. The minimum atomic E-state index is -3.62. The number of carbonyl (C=O) groups is 1. The van der Waals surface area contributed by atoms with Gasteiger partial charge < -0.3 is 11.1 Å². The van der Waals surface area contributed by atoms with E-state index in [-0.39, 0.29) is 18.0 Å². The van der Waals surface area contributed by atoms with Crippen LogP contribution in [0.5, 0.6) is 0 Å². The molecule has 1 aromatic rings. The summed E-state index contributed by atoms with van der Waals surface area (Å²) in [5, 5.41) is 2.84. The van der Waals surface area contributed by atoms with Gasteiger partial charge in [-0.15, -0.1) is 0 Å². The maximum Gasteiger partial charge on any atom is 0.235 e. The van der Waals surface area contributed by atoms with Gasteiger partial charge in [0.05, 0.1) is 4.90 Å². The average Bonchev–Trinajstić information content (AvgIpc) is 2.26. The summed E-state index contributed by atoms with van der Waals surface area (Å²) >= 11 is 5.65. The van der Waals surface area contributed by atoms with Crippen molar-refractivity contribution in [3.63, 3.8) is 0 Å². The zero-order valence-electron chi connectivity index (χ0n) is 9.02. The normalized spacial score (nSPS) is 11.2. The second-order valence-electron chi connectivity index (χ2n) is 3.35. The van der Waals surface area contributed by atoms with Gasteiger partial charge in [-0.25, -0.2) is 8.42 Å². The lowest BCUT2D eigenvalue weighted by Gasteiger charge is -2.05. The fourth-order valence-electron chi connectivity index (χ4n) is 1.16. The maximum absolute atomic E-state index is 11.8. The van der Waals surface area contributed by atoms with Gasteiger partial charge in [-0.1, -0.05) is 11.6 Å². The first-order valence-electron chi connectivity index (χ1n) is 4.91. The second-order valence-corrected chi connectivity index (χ2v) is 5.78. The molecule has 94 valence electrons. The van der Waals surface area contributed by atoms with Crippen molar-refractivity contribution in [1.82, 2.24) is 5.32 Å². The molecule has 0 radical (unpaired) electrons. The molecule has 17 heavy (non-hydrogen) atoms. The number of hydrogen-bond donors (Lipinski definition) is 2. The second kappa shape index (κ2) is 6.00. The van der Waals surface area contributed by atoms with Crippen LogP contribution in [0, 0.1) is 0 Å². The van der Waals surface area contributed by atoms with E-state index in [2.05, 4.69) is 5.32 Å². The summed E-state index contributed by atoms with van der Waals surface area (Å²) in [4.78, 5) is 11.4. The van der Waals surface area contributed by atoms with E-state index < -0.39 is 21.5 Å². The Labute approximate surface area is 105 Å². The van der Waals surface area contributed by atoms with Crippen molar-refractivity contribution < 1.29 is 13.2 Å². The largest absolute Gasteiger partial charge is 0.354 e. The maximum atomic E-state index is 11.8. The van der Waals surface area contributed by atoms with Gasteiger partial charge >= 0.3 is 0 Å². The Bertz CT molecular complexity index is 485. The van der Waals surface area contributed by atoms with Gasteiger partial charge in [0.15, 0.2) is 9.84 Å². The molecule has 0 heterocycles. The zero-order chi connectivity index (χ0) is 12.9. The third-order valence-electron chi connectivity index (χ3n) is 1.96. The van der Waals surface area contributed by atoms with Gasteiger partial charge in [-0.05, 0) is 24.3 Å². The standard InChI is InChI=1S/C10H13ClN2O3S/c11-8-1-3-9(4-2-8)17(15,16)7-10(14)13-6-5-12/h1-4H,5-7,12H2,(H,13,14). The van der Waals surface area contributed by atoms with E-state index in [0.717, 1.165) is 0 Å². The van der Waals surface area contributed by atoms with Crippen LogP contribution in [0.15, 0.2) is 29.2 Å². The molecule has 0 atom stereocenters. The van der Waals surface area contributed by atoms with Crippen LogP contribution < -0.4 is 11.1 Å². The van der Waals surface area contributed by atoms with Crippen molar-refractivity contribution in [3.8, 4) is 0 Å². The number of rotatable bonds is 5. The Morgan fingerprint density at radius 1 is 1.29 bits per heavy atom. The Balaban J connectivity index is 2.75. The number of carbonyl (C=O) groups excluding carboxylic acids is 1. The van der Waals surface area contributed by atoms with E-state index in [4.69, 9.17) is 17.3 Å². The topological polar surface area (TPSA) is 89.3 Å². The summed E-state index contributed by atoms with van der Waals surface area (Å²) in [6, 6.07) is 5.67. The molecular formula is C10H13ClN2O3S. The number of halogens is 1. The van der Waals surface area contributed by atoms with Crippen LogP contribution in [0.2, 0.25) is 5.02 Å².